The van der Waals surface area contributed by atoms with Crippen molar-refractivity contribution in [2.45, 2.75) is 33.4 Å². The molecule has 1 atom stereocenters. The van der Waals surface area contributed by atoms with Gasteiger partial charge in [0.15, 0.2) is 0 Å². The molecule has 0 bridgehead atoms. The predicted molar refractivity (Wildman–Crippen MR) is 138 cm³/mol. The van der Waals surface area contributed by atoms with Crippen molar-refractivity contribution >= 4 is 62.3 Å². The first-order chi connectivity index (χ1) is 15.8. The van der Waals surface area contributed by atoms with Crippen LogP contribution in [0.2, 0.25) is 15.1 Å². The van der Waals surface area contributed by atoms with E-state index in [1.54, 1.807) is 25.1 Å². The van der Waals surface area contributed by atoms with Crippen LogP contribution >= 0.6 is 34.8 Å². The Balaban J connectivity index is 2.39. The third-order valence-corrected chi connectivity index (χ3v) is 6.98. The Morgan fingerprint density at radius 3 is 2.09 bits per heavy atom. The molecule has 34 heavy (non-hydrogen) atoms. The summed E-state index contributed by atoms with van der Waals surface area (Å²) < 4.78 is 26.0. The molecule has 0 aliphatic rings. The van der Waals surface area contributed by atoms with Crippen LogP contribution in [-0.4, -0.2) is 50.5 Å². The van der Waals surface area contributed by atoms with E-state index in [1.165, 1.54) is 29.2 Å². The highest BCUT2D eigenvalue weighted by Gasteiger charge is 2.30. The number of nitrogens with one attached hydrogen (secondary N) is 1. The Morgan fingerprint density at radius 1 is 0.971 bits per heavy atom. The van der Waals surface area contributed by atoms with E-state index < -0.39 is 28.5 Å². The lowest BCUT2D eigenvalue weighted by Gasteiger charge is -2.31. The van der Waals surface area contributed by atoms with E-state index in [0.717, 1.165) is 10.6 Å². The maximum absolute atomic E-state index is 13.5. The normalized spacial score (nSPS) is 12.4. The minimum atomic E-state index is -3.81. The minimum Gasteiger partial charge on any atom is -0.354 e. The molecule has 0 aliphatic carbocycles. The quantitative estimate of drug-likeness (QED) is 0.470. The summed E-state index contributed by atoms with van der Waals surface area (Å²) in [4.78, 5) is 27.6. The van der Waals surface area contributed by atoms with Crippen LogP contribution in [-0.2, 0) is 26.2 Å². The molecular formula is C23H28Cl3N3O4S. The van der Waals surface area contributed by atoms with E-state index in [0.29, 0.717) is 27.2 Å². The first-order valence-corrected chi connectivity index (χ1v) is 13.5. The van der Waals surface area contributed by atoms with Crippen molar-refractivity contribution in [3.63, 3.8) is 0 Å². The minimum absolute atomic E-state index is 0.0106. The zero-order valence-corrected chi connectivity index (χ0v) is 22.5. The molecule has 0 aliphatic heterocycles. The molecule has 0 fully saturated rings. The van der Waals surface area contributed by atoms with Crippen LogP contribution in [0.4, 0.5) is 5.69 Å². The Kier molecular flexibility index (Phi) is 10.1. The first-order valence-electron chi connectivity index (χ1n) is 10.5. The van der Waals surface area contributed by atoms with E-state index in [4.69, 9.17) is 34.8 Å². The van der Waals surface area contributed by atoms with Crippen LogP contribution in [0, 0.1) is 5.92 Å². The molecule has 2 aromatic rings. The largest absolute Gasteiger partial charge is 0.354 e. The Hall–Kier alpha value is -2.00. The fourth-order valence-electron chi connectivity index (χ4n) is 3.09. The van der Waals surface area contributed by atoms with Gasteiger partial charge in [-0.15, -0.1) is 0 Å². The molecule has 11 heteroatoms. The number of hydrogen-bond donors (Lipinski definition) is 1. The molecule has 0 aromatic heterocycles. The maximum Gasteiger partial charge on any atom is 0.244 e. The number of benzene rings is 2. The monoisotopic (exact) mass is 547 g/mol. The number of carbonyl (C=O) groups excluding carboxylic acids is 2. The van der Waals surface area contributed by atoms with Crippen molar-refractivity contribution in [3.8, 4) is 0 Å². The average molecular weight is 549 g/mol. The number of nitrogens with zero attached hydrogens (tertiary/aromatic N) is 2. The van der Waals surface area contributed by atoms with E-state index in [9.17, 15) is 18.0 Å². The Labute approximate surface area is 216 Å². The topological polar surface area (TPSA) is 86.8 Å². The highest BCUT2D eigenvalue weighted by atomic mass is 35.5. The van der Waals surface area contributed by atoms with Gasteiger partial charge in [-0.2, -0.15) is 0 Å². The fourth-order valence-corrected chi connectivity index (χ4v) is 4.53. The number of carbonyl (C=O) groups is 2. The van der Waals surface area contributed by atoms with Gasteiger partial charge in [-0.1, -0.05) is 54.7 Å². The third-order valence-electron chi connectivity index (χ3n) is 5.00. The zero-order valence-electron chi connectivity index (χ0n) is 19.4. The lowest BCUT2D eigenvalue weighted by atomic mass is 10.1. The van der Waals surface area contributed by atoms with Gasteiger partial charge in [0.1, 0.15) is 12.6 Å². The van der Waals surface area contributed by atoms with Gasteiger partial charge in [-0.25, -0.2) is 8.42 Å². The molecule has 0 saturated heterocycles. The zero-order chi connectivity index (χ0) is 25.6. The average Bonchev–Trinajstić information content (AvgIpc) is 2.74. The second-order valence-corrected chi connectivity index (χ2v) is 11.5. The molecule has 0 heterocycles. The molecule has 0 saturated carbocycles. The number of hydrogen-bond acceptors (Lipinski definition) is 4. The van der Waals surface area contributed by atoms with E-state index in [-0.39, 0.29) is 24.1 Å². The van der Waals surface area contributed by atoms with Crippen LogP contribution in [0.3, 0.4) is 0 Å². The molecule has 0 spiro atoms. The standard InChI is InChI=1S/C23H28Cl3N3O4S/c1-15(2)12-27-23(31)16(3)28(13-17-5-6-19(25)11-21(17)26)22(30)14-29(34(4,32)33)20-9-7-18(24)8-10-20/h5-11,15-16H,12-14H2,1-4H3,(H,27,31)/t16-/m0/s1. The third kappa shape index (κ3) is 8.05. The molecule has 186 valence electrons. The summed E-state index contributed by atoms with van der Waals surface area (Å²) >= 11 is 18.2. The van der Waals surface area contributed by atoms with Gasteiger partial charge in [0.05, 0.1) is 11.9 Å². The molecule has 7 nitrogen and oxygen atoms in total. The highest BCUT2D eigenvalue weighted by molar-refractivity contribution is 7.92. The van der Waals surface area contributed by atoms with Gasteiger partial charge in [-0.3, -0.25) is 13.9 Å². The van der Waals surface area contributed by atoms with Crippen LogP contribution in [0.5, 0.6) is 0 Å². The van der Waals surface area contributed by atoms with Crippen LogP contribution in [0.15, 0.2) is 42.5 Å². The fraction of sp³-hybridized carbons (Fsp3) is 0.391. The SMILES string of the molecule is CC(C)CNC(=O)[C@H](C)N(Cc1ccc(Cl)cc1Cl)C(=O)CN(c1ccc(Cl)cc1)S(C)(=O)=O. The van der Waals surface area contributed by atoms with Crippen molar-refractivity contribution in [1.29, 1.82) is 0 Å². The number of halogens is 3. The van der Waals surface area contributed by atoms with Crippen molar-refractivity contribution in [2.75, 3.05) is 23.7 Å². The summed E-state index contributed by atoms with van der Waals surface area (Å²) in [7, 11) is -3.81. The van der Waals surface area contributed by atoms with Gasteiger partial charge in [-0.05, 0) is 54.8 Å². The number of rotatable bonds is 10. The van der Waals surface area contributed by atoms with Crippen molar-refractivity contribution in [2.24, 2.45) is 5.92 Å². The lowest BCUT2D eigenvalue weighted by Crippen LogP contribution is -2.51. The second kappa shape index (κ2) is 12.1. The van der Waals surface area contributed by atoms with Crippen molar-refractivity contribution < 1.29 is 18.0 Å². The molecule has 0 unspecified atom stereocenters. The smallest absolute Gasteiger partial charge is 0.244 e. The Morgan fingerprint density at radius 2 is 1.56 bits per heavy atom. The summed E-state index contributed by atoms with van der Waals surface area (Å²) in [5.74, 6) is -0.709. The molecule has 0 radical (unpaired) electrons. The summed E-state index contributed by atoms with van der Waals surface area (Å²) in [6, 6.07) is 10.0. The van der Waals surface area contributed by atoms with Gasteiger partial charge in [0.25, 0.3) is 0 Å². The van der Waals surface area contributed by atoms with Gasteiger partial charge >= 0.3 is 0 Å². The summed E-state index contributed by atoms with van der Waals surface area (Å²) in [6.07, 6.45) is 1.01. The Bertz CT molecular complexity index is 1120. The van der Waals surface area contributed by atoms with Crippen LogP contribution < -0.4 is 9.62 Å². The molecule has 1 N–H and O–H groups in total. The number of sulfonamides is 1. The number of amides is 2. The lowest BCUT2D eigenvalue weighted by molar-refractivity contribution is -0.139. The van der Waals surface area contributed by atoms with Gasteiger partial charge < -0.3 is 10.2 Å². The van der Waals surface area contributed by atoms with Crippen LogP contribution in [0.25, 0.3) is 0 Å². The van der Waals surface area contributed by atoms with Crippen molar-refractivity contribution in [3.05, 3.63) is 63.1 Å². The van der Waals surface area contributed by atoms with E-state index >= 15 is 0 Å². The number of anilines is 1. The van der Waals surface area contributed by atoms with Crippen LogP contribution in [0.1, 0.15) is 26.3 Å². The second-order valence-electron chi connectivity index (χ2n) is 8.32. The van der Waals surface area contributed by atoms with Gasteiger partial charge in [0, 0.05) is 28.2 Å². The molecular weight excluding hydrogens is 521 g/mol. The maximum atomic E-state index is 13.5. The summed E-state index contributed by atoms with van der Waals surface area (Å²) in [5.41, 5.74) is 0.849. The predicted octanol–water partition coefficient (Wildman–Crippen LogP) is 4.60. The molecule has 2 aromatic carbocycles. The van der Waals surface area contributed by atoms with E-state index in [1.807, 2.05) is 13.8 Å². The molecule has 2 amide bonds. The van der Waals surface area contributed by atoms with Crippen molar-refractivity contribution in [1.82, 2.24) is 10.2 Å². The first kappa shape index (κ1) is 28.2. The summed E-state index contributed by atoms with van der Waals surface area (Å²) in [6.45, 7) is 5.42. The van der Waals surface area contributed by atoms with E-state index in [2.05, 4.69) is 5.32 Å². The van der Waals surface area contributed by atoms with Gasteiger partial charge in [0.2, 0.25) is 21.8 Å². The molecule has 2 rings (SSSR count). The highest BCUT2D eigenvalue weighted by Crippen LogP contribution is 2.25. The summed E-state index contributed by atoms with van der Waals surface area (Å²) in [5, 5.41) is 4.01.